The lowest BCUT2D eigenvalue weighted by atomic mass is 10.1. The van der Waals surface area contributed by atoms with E-state index in [1.807, 2.05) is 18.4 Å². The third-order valence-electron chi connectivity index (χ3n) is 4.22. The van der Waals surface area contributed by atoms with Crippen molar-refractivity contribution in [3.05, 3.63) is 35.9 Å². The summed E-state index contributed by atoms with van der Waals surface area (Å²) in [7, 11) is 3.16. The molecule has 1 aromatic carbocycles. The van der Waals surface area contributed by atoms with Gasteiger partial charge < -0.3 is 29.8 Å². The second-order valence-electron chi connectivity index (χ2n) is 6.06. The van der Waals surface area contributed by atoms with Gasteiger partial charge in [0, 0.05) is 31.6 Å². The predicted molar refractivity (Wildman–Crippen MR) is 108 cm³/mol. The summed E-state index contributed by atoms with van der Waals surface area (Å²) in [5.41, 5.74) is 0.638. The maximum absolute atomic E-state index is 10.6. The predicted octanol–water partition coefficient (Wildman–Crippen LogP) is 1.15. The van der Waals surface area contributed by atoms with Crippen molar-refractivity contribution in [2.24, 2.45) is 4.99 Å². The Balaban J connectivity index is 1.99. The van der Waals surface area contributed by atoms with E-state index >= 15 is 0 Å². The lowest BCUT2D eigenvalue weighted by molar-refractivity contribution is 0.182. The van der Waals surface area contributed by atoms with Crippen molar-refractivity contribution in [2.45, 2.75) is 32.9 Å². The summed E-state index contributed by atoms with van der Waals surface area (Å²) >= 11 is 0. The molecule has 0 saturated carbocycles. The Bertz CT molecular complexity index is 762. The third-order valence-corrected chi connectivity index (χ3v) is 4.22. The molecule has 0 saturated heterocycles. The number of aliphatic imine (C=N–C) groups is 1. The molecule has 3 N–H and O–H groups in total. The number of hydrogen-bond acceptors (Lipinski definition) is 6. The highest BCUT2D eigenvalue weighted by atomic mass is 16.5. The molecule has 2 rings (SSSR count). The highest BCUT2D eigenvalue weighted by Crippen LogP contribution is 2.29. The van der Waals surface area contributed by atoms with Crippen molar-refractivity contribution in [2.75, 3.05) is 33.9 Å². The summed E-state index contributed by atoms with van der Waals surface area (Å²) in [5, 5.41) is 25.1. The van der Waals surface area contributed by atoms with Crippen LogP contribution >= 0.6 is 0 Å². The molecule has 0 amide bonds. The zero-order chi connectivity index (χ0) is 20.4. The number of hydrogen-bond donors (Lipinski definition) is 3. The van der Waals surface area contributed by atoms with Crippen molar-refractivity contribution in [1.29, 1.82) is 0 Å². The van der Waals surface area contributed by atoms with Gasteiger partial charge in [-0.1, -0.05) is 6.92 Å². The lowest BCUT2D eigenvalue weighted by Crippen LogP contribution is -2.39. The molecule has 0 radical (unpaired) electrons. The fraction of sp³-hybridized carbons (Fsp3) is 0.526. The SMILES string of the molecule is CCNC(=NCC(O)c1cc(OC)ccc1OC)NCCn1cnnc1CC. The van der Waals surface area contributed by atoms with E-state index in [2.05, 4.69) is 25.8 Å². The zero-order valence-electron chi connectivity index (χ0n) is 17.0. The number of aryl methyl sites for hydroxylation is 1. The summed E-state index contributed by atoms with van der Waals surface area (Å²) in [6.45, 7) is 6.34. The number of rotatable bonds is 10. The molecule has 2 aromatic rings. The molecule has 28 heavy (non-hydrogen) atoms. The molecule has 1 heterocycles. The zero-order valence-corrected chi connectivity index (χ0v) is 17.0. The average molecular weight is 390 g/mol. The standard InChI is InChI=1S/C19H30N6O3/c1-5-18-24-23-13-25(18)10-9-21-19(20-6-2)22-12-16(26)15-11-14(27-3)7-8-17(15)28-4/h7-8,11,13,16,26H,5-6,9-10,12H2,1-4H3,(H2,20,21,22). The highest BCUT2D eigenvalue weighted by molar-refractivity contribution is 5.79. The monoisotopic (exact) mass is 390 g/mol. The van der Waals surface area contributed by atoms with Crippen LogP contribution in [0.4, 0.5) is 0 Å². The number of nitrogens with zero attached hydrogens (tertiary/aromatic N) is 4. The van der Waals surface area contributed by atoms with Gasteiger partial charge >= 0.3 is 0 Å². The molecule has 154 valence electrons. The molecular formula is C19H30N6O3. The smallest absolute Gasteiger partial charge is 0.191 e. The number of aliphatic hydroxyl groups is 1. The molecule has 0 aliphatic carbocycles. The van der Waals surface area contributed by atoms with Gasteiger partial charge in [0.05, 0.1) is 20.8 Å². The van der Waals surface area contributed by atoms with Gasteiger partial charge in [0.15, 0.2) is 5.96 Å². The second kappa shape index (κ2) is 11.1. The summed E-state index contributed by atoms with van der Waals surface area (Å²) < 4.78 is 12.6. The van der Waals surface area contributed by atoms with E-state index in [4.69, 9.17) is 9.47 Å². The van der Waals surface area contributed by atoms with Crippen LogP contribution in [0, 0.1) is 0 Å². The molecule has 9 heteroatoms. The van der Waals surface area contributed by atoms with Crippen LogP contribution in [0.5, 0.6) is 11.5 Å². The van der Waals surface area contributed by atoms with Gasteiger partial charge in [0.2, 0.25) is 0 Å². The van der Waals surface area contributed by atoms with E-state index in [0.717, 1.165) is 25.3 Å². The van der Waals surface area contributed by atoms with Gasteiger partial charge in [-0.25, -0.2) is 0 Å². The number of guanidine groups is 1. The fourth-order valence-electron chi connectivity index (χ4n) is 2.75. The molecule has 0 fully saturated rings. The van der Waals surface area contributed by atoms with Gasteiger partial charge in [-0.3, -0.25) is 4.99 Å². The Morgan fingerprint density at radius 3 is 2.75 bits per heavy atom. The Kier molecular flexibility index (Phi) is 8.54. The van der Waals surface area contributed by atoms with Crippen LogP contribution in [0.2, 0.25) is 0 Å². The number of aliphatic hydroxyl groups excluding tert-OH is 1. The van der Waals surface area contributed by atoms with Crippen LogP contribution in [0.3, 0.4) is 0 Å². The minimum atomic E-state index is -0.815. The summed E-state index contributed by atoms with van der Waals surface area (Å²) in [6, 6.07) is 5.33. The van der Waals surface area contributed by atoms with Crippen molar-refractivity contribution >= 4 is 5.96 Å². The number of aromatic nitrogens is 3. The number of ether oxygens (including phenoxy) is 2. The van der Waals surface area contributed by atoms with Crippen molar-refractivity contribution in [3.63, 3.8) is 0 Å². The topological polar surface area (TPSA) is 106 Å². The van der Waals surface area contributed by atoms with Crippen molar-refractivity contribution < 1.29 is 14.6 Å². The molecule has 0 aliphatic rings. The van der Waals surface area contributed by atoms with Gasteiger partial charge in [0.1, 0.15) is 29.8 Å². The van der Waals surface area contributed by atoms with Crippen LogP contribution in [0.15, 0.2) is 29.5 Å². The Hall–Kier alpha value is -2.81. The molecule has 1 atom stereocenters. The van der Waals surface area contributed by atoms with E-state index in [1.165, 1.54) is 0 Å². The first-order chi connectivity index (χ1) is 13.6. The van der Waals surface area contributed by atoms with E-state index in [0.29, 0.717) is 29.6 Å². The summed E-state index contributed by atoms with van der Waals surface area (Å²) in [5.74, 6) is 2.84. The van der Waals surface area contributed by atoms with Gasteiger partial charge in [-0.2, -0.15) is 0 Å². The van der Waals surface area contributed by atoms with E-state index in [1.54, 1.807) is 38.7 Å². The molecule has 0 bridgehead atoms. The third kappa shape index (κ3) is 5.85. The van der Waals surface area contributed by atoms with Gasteiger partial charge in [-0.15, -0.1) is 10.2 Å². The number of benzene rings is 1. The van der Waals surface area contributed by atoms with Gasteiger partial charge in [0.25, 0.3) is 0 Å². The first kappa shape index (κ1) is 21.5. The number of nitrogens with one attached hydrogen (secondary N) is 2. The number of methoxy groups -OCH3 is 2. The Morgan fingerprint density at radius 1 is 1.25 bits per heavy atom. The van der Waals surface area contributed by atoms with Crippen LogP contribution in [-0.2, 0) is 13.0 Å². The molecule has 0 spiro atoms. The first-order valence-electron chi connectivity index (χ1n) is 9.41. The van der Waals surface area contributed by atoms with E-state index < -0.39 is 6.10 Å². The van der Waals surface area contributed by atoms with Gasteiger partial charge in [-0.05, 0) is 25.1 Å². The Morgan fingerprint density at radius 2 is 2.07 bits per heavy atom. The van der Waals surface area contributed by atoms with Crippen LogP contribution in [-0.4, -0.2) is 59.7 Å². The minimum absolute atomic E-state index is 0.186. The molecule has 1 aromatic heterocycles. The molecule has 0 aliphatic heterocycles. The van der Waals surface area contributed by atoms with Crippen LogP contribution in [0.1, 0.15) is 31.3 Å². The molecule has 9 nitrogen and oxygen atoms in total. The van der Waals surface area contributed by atoms with Crippen molar-refractivity contribution in [1.82, 2.24) is 25.4 Å². The summed E-state index contributed by atoms with van der Waals surface area (Å²) in [4.78, 5) is 4.49. The van der Waals surface area contributed by atoms with Crippen LogP contribution in [0.25, 0.3) is 0 Å². The first-order valence-corrected chi connectivity index (χ1v) is 9.41. The van der Waals surface area contributed by atoms with Crippen molar-refractivity contribution in [3.8, 4) is 11.5 Å². The average Bonchev–Trinajstić information content (AvgIpc) is 3.18. The van der Waals surface area contributed by atoms with E-state index in [9.17, 15) is 5.11 Å². The lowest BCUT2D eigenvalue weighted by Gasteiger charge is -2.16. The van der Waals surface area contributed by atoms with E-state index in [-0.39, 0.29) is 6.54 Å². The normalized spacial score (nSPS) is 12.5. The van der Waals surface area contributed by atoms with Crippen LogP contribution < -0.4 is 20.1 Å². The quantitative estimate of drug-likeness (QED) is 0.413. The second-order valence-corrected chi connectivity index (χ2v) is 6.06. The molecular weight excluding hydrogens is 360 g/mol. The highest BCUT2D eigenvalue weighted by Gasteiger charge is 2.14. The maximum Gasteiger partial charge on any atom is 0.191 e. The maximum atomic E-state index is 10.6. The largest absolute Gasteiger partial charge is 0.497 e. The summed E-state index contributed by atoms with van der Waals surface area (Å²) in [6.07, 6.45) is 1.75. The Labute approximate surface area is 165 Å². The minimum Gasteiger partial charge on any atom is -0.497 e. The molecule has 1 unspecified atom stereocenters. The fourth-order valence-corrected chi connectivity index (χ4v) is 2.75.